The molecular formula is C23H28FNO3S2. The van der Waals surface area contributed by atoms with E-state index in [4.69, 9.17) is 0 Å². The summed E-state index contributed by atoms with van der Waals surface area (Å²) in [4.78, 5) is 15.7. The van der Waals surface area contributed by atoms with Crippen LogP contribution in [0, 0.1) is 11.7 Å². The molecule has 0 N–H and O–H groups in total. The normalized spacial score (nSPS) is 19.1. The Hall–Kier alpha value is -1.86. The van der Waals surface area contributed by atoms with Gasteiger partial charge in [0, 0.05) is 16.8 Å². The lowest BCUT2D eigenvalue weighted by Crippen LogP contribution is -2.35. The third-order valence-electron chi connectivity index (χ3n) is 5.72. The largest absolute Gasteiger partial charge is 0.339 e. The van der Waals surface area contributed by atoms with Gasteiger partial charge >= 0.3 is 0 Å². The first-order chi connectivity index (χ1) is 14.1. The van der Waals surface area contributed by atoms with E-state index in [1.165, 1.54) is 28.3 Å². The molecule has 0 bridgehead atoms. The van der Waals surface area contributed by atoms with Gasteiger partial charge in [0.1, 0.15) is 5.82 Å². The minimum Gasteiger partial charge on any atom is -0.339 e. The van der Waals surface area contributed by atoms with Gasteiger partial charge in [0.05, 0.1) is 23.5 Å². The van der Waals surface area contributed by atoms with Crippen molar-refractivity contribution in [2.45, 2.75) is 48.9 Å². The van der Waals surface area contributed by atoms with Crippen LogP contribution in [0.2, 0.25) is 0 Å². The Labute approximate surface area is 182 Å². The Morgan fingerprint density at radius 2 is 1.73 bits per heavy atom. The molecule has 2 aromatic rings. The fourth-order valence-corrected chi connectivity index (χ4v) is 6.15. The molecule has 1 aliphatic heterocycles. The number of amides is 1. The molecule has 0 aliphatic carbocycles. The van der Waals surface area contributed by atoms with E-state index in [2.05, 4.69) is 26.0 Å². The molecule has 7 heteroatoms. The molecule has 4 nitrogen and oxygen atoms in total. The molecule has 2 atom stereocenters. The summed E-state index contributed by atoms with van der Waals surface area (Å²) in [5, 5.41) is 0. The summed E-state index contributed by atoms with van der Waals surface area (Å²) in [6, 6.07) is 12.8. The minimum atomic E-state index is -3.12. The van der Waals surface area contributed by atoms with Crippen molar-refractivity contribution >= 4 is 27.5 Å². The van der Waals surface area contributed by atoms with Crippen molar-refractivity contribution in [2.75, 3.05) is 18.6 Å². The van der Waals surface area contributed by atoms with Crippen molar-refractivity contribution < 1.29 is 17.6 Å². The molecule has 1 aliphatic rings. The quantitative estimate of drug-likeness (QED) is 0.619. The van der Waals surface area contributed by atoms with Crippen LogP contribution in [-0.4, -0.2) is 37.8 Å². The molecule has 0 aromatic heterocycles. The van der Waals surface area contributed by atoms with Crippen LogP contribution in [0.15, 0.2) is 52.3 Å². The molecule has 2 aromatic carbocycles. The number of halogens is 1. The van der Waals surface area contributed by atoms with Crippen LogP contribution in [0.1, 0.15) is 50.3 Å². The van der Waals surface area contributed by atoms with Crippen molar-refractivity contribution in [2.24, 2.45) is 5.92 Å². The number of rotatable bonds is 6. The topological polar surface area (TPSA) is 54.5 Å². The van der Waals surface area contributed by atoms with E-state index in [9.17, 15) is 17.6 Å². The van der Waals surface area contributed by atoms with Crippen LogP contribution >= 0.6 is 11.8 Å². The van der Waals surface area contributed by atoms with Crippen molar-refractivity contribution in [3.8, 4) is 0 Å². The lowest BCUT2D eigenvalue weighted by atomic mass is 10.0. The van der Waals surface area contributed by atoms with E-state index < -0.39 is 15.8 Å². The van der Waals surface area contributed by atoms with Gasteiger partial charge in [-0.1, -0.05) is 43.8 Å². The third-order valence-corrected chi connectivity index (χ3v) is 8.55. The molecular weight excluding hydrogens is 421 g/mol. The van der Waals surface area contributed by atoms with Gasteiger partial charge < -0.3 is 4.90 Å². The van der Waals surface area contributed by atoms with Gasteiger partial charge in [-0.05, 0) is 54.7 Å². The Morgan fingerprint density at radius 1 is 1.10 bits per heavy atom. The van der Waals surface area contributed by atoms with Gasteiger partial charge in [-0.25, -0.2) is 12.8 Å². The summed E-state index contributed by atoms with van der Waals surface area (Å²) < 4.78 is 38.1. The van der Waals surface area contributed by atoms with Crippen molar-refractivity contribution in [3.63, 3.8) is 0 Å². The predicted molar refractivity (Wildman–Crippen MR) is 119 cm³/mol. The SMILES string of the molecule is CC(C)c1ccc(Sc2ccc([C@H](C)N(C)C(=O)[C@H]3CCS(=O)(=O)C3)cc2F)cc1. The molecule has 0 spiro atoms. The predicted octanol–water partition coefficient (Wildman–Crippen LogP) is 5.05. The molecule has 0 unspecified atom stereocenters. The number of carbonyl (C=O) groups is 1. The van der Waals surface area contributed by atoms with Crippen molar-refractivity contribution in [1.82, 2.24) is 4.90 Å². The standard InChI is InChI=1S/C23H28FNO3S2/c1-15(2)17-5-8-20(9-6-17)29-22-10-7-18(13-21(22)24)16(3)25(4)23(26)19-11-12-30(27,28)14-19/h5-10,13,15-16,19H,11-12,14H2,1-4H3/t16-,19-/m0/s1. The average molecular weight is 450 g/mol. The summed E-state index contributed by atoms with van der Waals surface area (Å²) in [5.41, 5.74) is 1.93. The van der Waals surface area contributed by atoms with Crippen LogP contribution in [0.3, 0.4) is 0 Å². The van der Waals surface area contributed by atoms with E-state index in [1.807, 2.05) is 25.1 Å². The van der Waals surface area contributed by atoms with Gasteiger partial charge in [-0.2, -0.15) is 0 Å². The smallest absolute Gasteiger partial charge is 0.226 e. The molecule has 0 radical (unpaired) electrons. The Balaban J connectivity index is 1.70. The molecule has 1 fully saturated rings. The summed E-state index contributed by atoms with van der Waals surface area (Å²) in [5.74, 6) is -0.622. The lowest BCUT2D eigenvalue weighted by molar-refractivity contribution is -0.135. The zero-order valence-electron chi connectivity index (χ0n) is 17.8. The molecule has 1 saturated heterocycles. The van der Waals surface area contributed by atoms with Crippen molar-refractivity contribution in [1.29, 1.82) is 0 Å². The molecule has 162 valence electrons. The lowest BCUT2D eigenvalue weighted by Gasteiger charge is -2.27. The average Bonchev–Trinajstić information content (AvgIpc) is 3.08. The summed E-state index contributed by atoms with van der Waals surface area (Å²) in [6.45, 7) is 6.10. The van der Waals surface area contributed by atoms with E-state index in [0.29, 0.717) is 22.8 Å². The number of sulfone groups is 1. The second-order valence-corrected chi connectivity index (χ2v) is 11.6. The Morgan fingerprint density at radius 3 is 2.27 bits per heavy atom. The Kier molecular flexibility index (Phi) is 6.92. The van der Waals surface area contributed by atoms with Gasteiger partial charge in [-0.15, -0.1) is 0 Å². The highest BCUT2D eigenvalue weighted by Gasteiger charge is 2.35. The van der Waals surface area contributed by atoms with Gasteiger partial charge in [0.15, 0.2) is 9.84 Å². The maximum Gasteiger partial charge on any atom is 0.226 e. The Bertz CT molecular complexity index is 1020. The zero-order chi connectivity index (χ0) is 22.1. The monoisotopic (exact) mass is 449 g/mol. The molecule has 3 rings (SSSR count). The van der Waals surface area contributed by atoms with Gasteiger partial charge in [0.25, 0.3) is 0 Å². The maximum absolute atomic E-state index is 14.8. The highest BCUT2D eigenvalue weighted by molar-refractivity contribution is 7.99. The number of benzene rings is 2. The van der Waals surface area contributed by atoms with Crippen molar-refractivity contribution in [3.05, 3.63) is 59.4 Å². The van der Waals surface area contributed by atoms with Gasteiger partial charge in [-0.3, -0.25) is 4.79 Å². The fraction of sp³-hybridized carbons (Fsp3) is 0.435. The van der Waals surface area contributed by atoms with E-state index in [0.717, 1.165) is 4.90 Å². The van der Waals surface area contributed by atoms with E-state index in [-0.39, 0.29) is 29.3 Å². The molecule has 1 amide bonds. The molecule has 30 heavy (non-hydrogen) atoms. The van der Waals surface area contributed by atoms with Crippen LogP contribution in [-0.2, 0) is 14.6 Å². The van der Waals surface area contributed by atoms with Crippen LogP contribution < -0.4 is 0 Å². The van der Waals surface area contributed by atoms with Crippen LogP contribution in [0.25, 0.3) is 0 Å². The number of hydrogen-bond donors (Lipinski definition) is 0. The first-order valence-corrected chi connectivity index (χ1v) is 12.8. The molecule has 0 saturated carbocycles. The zero-order valence-corrected chi connectivity index (χ0v) is 19.4. The first-order valence-electron chi connectivity index (χ1n) is 10.1. The fourth-order valence-electron chi connectivity index (χ4n) is 3.60. The summed E-state index contributed by atoms with van der Waals surface area (Å²) >= 11 is 1.37. The third kappa shape index (κ3) is 5.24. The van der Waals surface area contributed by atoms with Crippen LogP contribution in [0.5, 0.6) is 0 Å². The summed E-state index contributed by atoms with van der Waals surface area (Å²) in [7, 11) is -1.48. The number of hydrogen-bond acceptors (Lipinski definition) is 4. The second kappa shape index (κ2) is 9.10. The highest BCUT2D eigenvalue weighted by atomic mass is 32.2. The van der Waals surface area contributed by atoms with E-state index >= 15 is 0 Å². The number of carbonyl (C=O) groups excluding carboxylic acids is 1. The second-order valence-electron chi connectivity index (χ2n) is 8.24. The molecule has 1 heterocycles. The highest BCUT2D eigenvalue weighted by Crippen LogP contribution is 2.33. The van der Waals surface area contributed by atoms with Crippen LogP contribution in [0.4, 0.5) is 4.39 Å². The van der Waals surface area contributed by atoms with Gasteiger partial charge in [0.2, 0.25) is 5.91 Å². The minimum absolute atomic E-state index is 0.0598. The maximum atomic E-state index is 14.8. The summed E-state index contributed by atoms with van der Waals surface area (Å²) in [6.07, 6.45) is 0.359. The first kappa shape index (κ1) is 22.8. The number of nitrogens with zero attached hydrogens (tertiary/aromatic N) is 1. The van der Waals surface area contributed by atoms with E-state index in [1.54, 1.807) is 13.1 Å².